The second kappa shape index (κ2) is 6.81. The van der Waals surface area contributed by atoms with Crippen molar-refractivity contribution in [2.45, 2.75) is 31.7 Å². The maximum atomic E-state index is 11.7. The Hall–Kier alpha value is -0.810. The minimum absolute atomic E-state index is 0.0838. The molecule has 0 spiro atoms. The first-order chi connectivity index (χ1) is 8.10. The minimum atomic E-state index is -0.939. The lowest BCUT2D eigenvalue weighted by molar-refractivity contribution is -0.148. The number of amides is 1. The highest BCUT2D eigenvalue weighted by molar-refractivity contribution is 6.18. The quantitative estimate of drug-likeness (QED) is 0.521. The molecule has 1 amide bonds. The molecule has 6 heteroatoms. The van der Waals surface area contributed by atoms with Crippen LogP contribution in [0.25, 0.3) is 0 Å². The molecule has 0 aliphatic carbocycles. The van der Waals surface area contributed by atoms with Gasteiger partial charge in [0.25, 0.3) is 0 Å². The number of nitrogens with two attached hydrogens (primary N) is 1. The van der Waals surface area contributed by atoms with Crippen molar-refractivity contribution < 1.29 is 14.7 Å². The third-order valence-corrected chi connectivity index (χ3v) is 3.49. The molecule has 0 radical (unpaired) electrons. The number of carbonyl (C=O) groups excluding carboxylic acids is 1. The van der Waals surface area contributed by atoms with Crippen LogP contribution in [0, 0.1) is 5.92 Å². The molecular formula is C11H19ClN2O3. The van der Waals surface area contributed by atoms with Crippen molar-refractivity contribution in [1.29, 1.82) is 0 Å². The number of carboxylic acid groups (broad SMARTS) is 1. The van der Waals surface area contributed by atoms with E-state index >= 15 is 0 Å². The Kier molecular flexibility index (Phi) is 5.71. The van der Waals surface area contributed by atoms with Crippen LogP contribution >= 0.6 is 11.6 Å². The monoisotopic (exact) mass is 262 g/mol. The maximum Gasteiger partial charge on any atom is 0.326 e. The molecule has 2 atom stereocenters. The number of rotatable bonds is 7. The summed E-state index contributed by atoms with van der Waals surface area (Å²) in [6.07, 6.45) is 2.34. The first-order valence-corrected chi connectivity index (χ1v) is 6.42. The summed E-state index contributed by atoms with van der Waals surface area (Å²) < 4.78 is 0. The molecule has 98 valence electrons. The van der Waals surface area contributed by atoms with E-state index in [0.29, 0.717) is 31.8 Å². The second-order valence-corrected chi connectivity index (χ2v) is 4.72. The van der Waals surface area contributed by atoms with Gasteiger partial charge < -0.3 is 15.7 Å². The SMILES string of the molecule is NCCCCC(C(=O)O)N1CC(CCl)CC1=O. The van der Waals surface area contributed by atoms with Crippen LogP contribution in [-0.2, 0) is 9.59 Å². The molecular weight excluding hydrogens is 244 g/mol. The Morgan fingerprint density at radius 2 is 2.29 bits per heavy atom. The fourth-order valence-electron chi connectivity index (χ4n) is 2.11. The van der Waals surface area contributed by atoms with E-state index in [-0.39, 0.29) is 11.8 Å². The lowest BCUT2D eigenvalue weighted by Crippen LogP contribution is -2.42. The summed E-state index contributed by atoms with van der Waals surface area (Å²) in [5.41, 5.74) is 5.37. The third kappa shape index (κ3) is 3.85. The van der Waals surface area contributed by atoms with Crippen molar-refractivity contribution in [3.05, 3.63) is 0 Å². The van der Waals surface area contributed by atoms with Gasteiger partial charge in [0.2, 0.25) is 5.91 Å². The lowest BCUT2D eigenvalue weighted by atomic mass is 10.1. The van der Waals surface area contributed by atoms with Crippen molar-refractivity contribution in [3.8, 4) is 0 Å². The molecule has 3 N–H and O–H groups in total. The van der Waals surface area contributed by atoms with Crippen LogP contribution in [0.4, 0.5) is 0 Å². The number of likely N-dealkylation sites (tertiary alicyclic amines) is 1. The number of halogens is 1. The molecule has 17 heavy (non-hydrogen) atoms. The number of carboxylic acids is 1. The van der Waals surface area contributed by atoms with Gasteiger partial charge in [-0.25, -0.2) is 4.79 Å². The summed E-state index contributed by atoms with van der Waals surface area (Å²) in [5.74, 6) is -0.556. The van der Waals surface area contributed by atoms with E-state index < -0.39 is 12.0 Å². The summed E-state index contributed by atoms with van der Waals surface area (Å²) in [5, 5.41) is 9.15. The molecule has 0 saturated carbocycles. The zero-order valence-corrected chi connectivity index (χ0v) is 10.5. The minimum Gasteiger partial charge on any atom is -0.480 e. The number of carbonyl (C=O) groups is 2. The van der Waals surface area contributed by atoms with Gasteiger partial charge in [0.1, 0.15) is 6.04 Å². The van der Waals surface area contributed by atoms with Gasteiger partial charge in [-0.1, -0.05) is 0 Å². The highest BCUT2D eigenvalue weighted by Crippen LogP contribution is 2.23. The second-order valence-electron chi connectivity index (χ2n) is 4.41. The predicted molar refractivity (Wildman–Crippen MR) is 64.9 cm³/mol. The van der Waals surface area contributed by atoms with Crippen molar-refractivity contribution >= 4 is 23.5 Å². The zero-order valence-electron chi connectivity index (χ0n) is 9.77. The van der Waals surface area contributed by atoms with Gasteiger partial charge in [-0.3, -0.25) is 4.79 Å². The molecule has 1 rings (SSSR count). The topological polar surface area (TPSA) is 83.6 Å². The van der Waals surface area contributed by atoms with Gasteiger partial charge >= 0.3 is 5.97 Å². The smallest absolute Gasteiger partial charge is 0.326 e. The van der Waals surface area contributed by atoms with Crippen molar-refractivity contribution in [1.82, 2.24) is 4.90 Å². The van der Waals surface area contributed by atoms with E-state index in [9.17, 15) is 9.59 Å². The van der Waals surface area contributed by atoms with E-state index in [2.05, 4.69) is 0 Å². The molecule has 1 aliphatic rings. The molecule has 2 unspecified atom stereocenters. The molecule has 0 aromatic rings. The largest absolute Gasteiger partial charge is 0.480 e. The van der Waals surface area contributed by atoms with E-state index in [4.69, 9.17) is 22.4 Å². The third-order valence-electron chi connectivity index (χ3n) is 3.05. The summed E-state index contributed by atoms with van der Waals surface area (Å²) in [4.78, 5) is 24.3. The van der Waals surface area contributed by atoms with Gasteiger partial charge in [0.15, 0.2) is 0 Å². The molecule has 0 aromatic carbocycles. The van der Waals surface area contributed by atoms with Gasteiger partial charge in [0.05, 0.1) is 0 Å². The van der Waals surface area contributed by atoms with Crippen LogP contribution in [0.5, 0.6) is 0 Å². The van der Waals surface area contributed by atoms with Crippen LogP contribution in [0.3, 0.4) is 0 Å². The fourth-order valence-corrected chi connectivity index (χ4v) is 2.31. The molecule has 1 saturated heterocycles. The van der Waals surface area contributed by atoms with Crippen LogP contribution in [0.1, 0.15) is 25.7 Å². The number of hydrogen-bond acceptors (Lipinski definition) is 3. The van der Waals surface area contributed by atoms with Gasteiger partial charge in [-0.2, -0.15) is 0 Å². The molecule has 0 aromatic heterocycles. The number of unbranched alkanes of at least 4 members (excludes halogenated alkanes) is 1. The van der Waals surface area contributed by atoms with Crippen molar-refractivity contribution in [2.75, 3.05) is 19.0 Å². The fraction of sp³-hybridized carbons (Fsp3) is 0.818. The predicted octanol–water partition coefficient (Wildman–Crippen LogP) is 0.656. The summed E-state index contributed by atoms with van der Waals surface area (Å²) in [6.45, 7) is 1.01. The number of hydrogen-bond donors (Lipinski definition) is 2. The first kappa shape index (κ1) is 14.3. The molecule has 1 fully saturated rings. The Morgan fingerprint density at radius 3 is 2.76 bits per heavy atom. The Morgan fingerprint density at radius 1 is 1.59 bits per heavy atom. The van der Waals surface area contributed by atoms with Crippen LogP contribution < -0.4 is 5.73 Å². The Balaban J connectivity index is 2.58. The molecule has 5 nitrogen and oxygen atoms in total. The first-order valence-electron chi connectivity index (χ1n) is 5.88. The normalized spacial score (nSPS) is 21.9. The summed E-state index contributed by atoms with van der Waals surface area (Å²) in [7, 11) is 0. The van der Waals surface area contributed by atoms with Crippen LogP contribution in [0.2, 0.25) is 0 Å². The van der Waals surface area contributed by atoms with Gasteiger partial charge in [-0.05, 0) is 31.7 Å². The number of nitrogens with zero attached hydrogens (tertiary/aromatic N) is 1. The van der Waals surface area contributed by atoms with Crippen molar-refractivity contribution in [3.63, 3.8) is 0 Å². The highest BCUT2D eigenvalue weighted by atomic mass is 35.5. The van der Waals surface area contributed by atoms with E-state index in [1.165, 1.54) is 4.90 Å². The Labute approximate surface area is 106 Å². The number of aliphatic carboxylic acids is 1. The molecule has 1 heterocycles. The Bertz CT molecular complexity index is 286. The van der Waals surface area contributed by atoms with E-state index in [1.807, 2.05) is 0 Å². The lowest BCUT2D eigenvalue weighted by Gasteiger charge is -2.24. The van der Waals surface area contributed by atoms with Crippen LogP contribution in [-0.4, -0.2) is 46.9 Å². The average Bonchev–Trinajstić information content (AvgIpc) is 2.65. The van der Waals surface area contributed by atoms with Crippen LogP contribution in [0.15, 0.2) is 0 Å². The number of alkyl halides is 1. The van der Waals surface area contributed by atoms with Crippen molar-refractivity contribution in [2.24, 2.45) is 11.7 Å². The molecule has 1 aliphatic heterocycles. The zero-order chi connectivity index (χ0) is 12.8. The van der Waals surface area contributed by atoms with E-state index in [1.54, 1.807) is 0 Å². The average molecular weight is 263 g/mol. The summed E-state index contributed by atoms with van der Waals surface area (Å²) >= 11 is 5.71. The van der Waals surface area contributed by atoms with E-state index in [0.717, 1.165) is 12.8 Å². The van der Waals surface area contributed by atoms with Gasteiger partial charge in [0, 0.05) is 18.8 Å². The molecule has 0 bridgehead atoms. The maximum absolute atomic E-state index is 11.7. The van der Waals surface area contributed by atoms with Gasteiger partial charge in [-0.15, -0.1) is 11.6 Å². The summed E-state index contributed by atoms with van der Waals surface area (Å²) in [6, 6.07) is -0.720. The highest BCUT2D eigenvalue weighted by Gasteiger charge is 2.36. The standard InChI is InChI=1S/C11H19ClN2O3/c12-6-8-5-10(15)14(7-8)9(11(16)17)3-1-2-4-13/h8-9H,1-7,13H2,(H,16,17).